The van der Waals surface area contributed by atoms with E-state index in [0.29, 0.717) is 58.6 Å². The second-order valence-electron chi connectivity index (χ2n) is 12.5. The van der Waals surface area contributed by atoms with Gasteiger partial charge in [-0.05, 0) is 71.8 Å². The minimum Gasteiger partial charge on any atom is -0.439 e. The number of pyridine rings is 4. The SMILES string of the molecule is CP(=O)(O)O.Nc1ncccc1-c1cc(Cc2ccc(Oc3cccc(F)n3)cc2)no1.Nc1ncccc1-c1cc(Cc2ccc(Oc3cccc(F)n3)cc2)no1. The van der Waals surface area contributed by atoms with Gasteiger partial charge in [-0.1, -0.05) is 46.7 Å². The minimum absolute atomic E-state index is 0.206. The number of benzene rings is 2. The Kier molecular flexibility index (Phi) is 13.4. The van der Waals surface area contributed by atoms with E-state index in [-0.39, 0.29) is 11.8 Å². The summed E-state index contributed by atoms with van der Waals surface area (Å²) in [5.74, 6) is 2.33. The molecule has 8 aromatic rings. The summed E-state index contributed by atoms with van der Waals surface area (Å²) in [6, 6.07) is 34.5. The molecule has 59 heavy (non-hydrogen) atoms. The van der Waals surface area contributed by atoms with E-state index in [0.717, 1.165) is 29.2 Å². The van der Waals surface area contributed by atoms with E-state index in [9.17, 15) is 13.3 Å². The highest BCUT2D eigenvalue weighted by atomic mass is 31.2. The number of hydrogen-bond acceptors (Lipinski definition) is 13. The number of nitrogens with two attached hydrogens (primary N) is 2. The first-order valence-corrected chi connectivity index (χ1v) is 19.6. The number of nitrogens with zero attached hydrogens (tertiary/aromatic N) is 6. The number of hydrogen-bond donors (Lipinski definition) is 4. The van der Waals surface area contributed by atoms with Crippen LogP contribution >= 0.6 is 7.60 Å². The zero-order chi connectivity index (χ0) is 41.8. The van der Waals surface area contributed by atoms with Crippen LogP contribution in [-0.2, 0) is 17.4 Å². The molecule has 15 nitrogen and oxygen atoms in total. The van der Waals surface area contributed by atoms with Crippen molar-refractivity contribution < 1.29 is 41.7 Å². The predicted octanol–water partition coefficient (Wildman–Crippen LogP) is 8.27. The highest BCUT2D eigenvalue weighted by Gasteiger charge is 2.13. The number of ether oxygens (including phenoxy) is 2. The smallest absolute Gasteiger partial charge is 0.322 e. The zero-order valence-corrected chi connectivity index (χ0v) is 32.0. The lowest BCUT2D eigenvalue weighted by molar-refractivity contribution is 0.381. The minimum atomic E-state index is -3.64. The van der Waals surface area contributed by atoms with E-state index in [1.807, 2.05) is 48.5 Å². The van der Waals surface area contributed by atoms with Crippen molar-refractivity contribution in [2.45, 2.75) is 12.8 Å². The molecule has 0 aliphatic rings. The molecular formula is C41H35F2N8O7P. The molecule has 0 radical (unpaired) electrons. The van der Waals surface area contributed by atoms with Crippen LogP contribution in [0, 0.1) is 11.9 Å². The summed E-state index contributed by atoms with van der Waals surface area (Å²) in [6.07, 6.45) is 4.42. The Hall–Kier alpha value is -7.33. The molecule has 6 aromatic heterocycles. The molecule has 0 fully saturated rings. The lowest BCUT2D eigenvalue weighted by Crippen LogP contribution is -1.92. The molecule has 0 spiro atoms. The fraction of sp³-hybridized carbons (Fsp3) is 0.0732. The van der Waals surface area contributed by atoms with E-state index in [4.69, 9.17) is 39.8 Å². The van der Waals surface area contributed by atoms with Gasteiger partial charge in [0, 0.05) is 56.2 Å². The Bertz CT molecular complexity index is 2480. The molecule has 0 saturated carbocycles. The van der Waals surface area contributed by atoms with Gasteiger partial charge in [-0.25, -0.2) is 9.97 Å². The molecule has 300 valence electrons. The molecule has 0 aliphatic heterocycles. The maximum atomic E-state index is 13.1. The maximum Gasteiger partial charge on any atom is 0.322 e. The predicted molar refractivity (Wildman–Crippen MR) is 213 cm³/mol. The van der Waals surface area contributed by atoms with Crippen molar-refractivity contribution in [3.63, 3.8) is 0 Å². The first-order valence-electron chi connectivity index (χ1n) is 17.5. The first-order chi connectivity index (χ1) is 28.3. The Labute approximate surface area is 335 Å². The van der Waals surface area contributed by atoms with E-state index in [1.54, 1.807) is 73.1 Å². The zero-order valence-electron chi connectivity index (χ0n) is 31.1. The van der Waals surface area contributed by atoms with E-state index < -0.39 is 19.5 Å². The summed E-state index contributed by atoms with van der Waals surface area (Å²) in [5, 5.41) is 8.18. The quantitative estimate of drug-likeness (QED) is 0.0751. The average Bonchev–Trinajstić information content (AvgIpc) is 3.86. The number of rotatable bonds is 10. The Morgan fingerprint density at radius 2 is 1.00 bits per heavy atom. The molecule has 0 aliphatic carbocycles. The van der Waals surface area contributed by atoms with Crippen molar-refractivity contribution in [3.8, 4) is 45.9 Å². The molecule has 0 atom stereocenters. The highest BCUT2D eigenvalue weighted by molar-refractivity contribution is 7.50. The van der Waals surface area contributed by atoms with E-state index >= 15 is 0 Å². The summed E-state index contributed by atoms with van der Waals surface area (Å²) in [7, 11) is -3.64. The summed E-state index contributed by atoms with van der Waals surface area (Å²) in [4.78, 5) is 30.7. The topological polar surface area (TPSA) is 232 Å². The van der Waals surface area contributed by atoms with Crippen molar-refractivity contribution in [1.82, 2.24) is 30.2 Å². The Balaban J connectivity index is 0.000000178. The Morgan fingerprint density at radius 1 is 0.610 bits per heavy atom. The molecule has 6 heterocycles. The molecular weight excluding hydrogens is 785 g/mol. The first kappa shape index (κ1) is 41.3. The van der Waals surface area contributed by atoms with Gasteiger partial charge < -0.3 is 39.8 Å². The standard InChI is InChI=1S/2C20H15FN4O2.CH5O3P/c2*21-18-4-1-5-19(24-18)26-15-8-6-13(7-9-15)11-14-12-17(27-25-14)16-3-2-10-23-20(16)22;1-5(2,3)4/h2*1-10,12H,11H2,(H2,22,23);1H3,(H2,2,3,4). The number of anilines is 2. The van der Waals surface area contributed by atoms with Crippen molar-refractivity contribution in [1.29, 1.82) is 0 Å². The molecule has 8 rings (SSSR count). The van der Waals surface area contributed by atoms with Crippen LogP contribution < -0.4 is 20.9 Å². The van der Waals surface area contributed by atoms with Gasteiger partial charge in [0.25, 0.3) is 0 Å². The van der Waals surface area contributed by atoms with Crippen molar-refractivity contribution in [2.75, 3.05) is 18.1 Å². The largest absolute Gasteiger partial charge is 0.439 e. The van der Waals surface area contributed by atoms with Crippen LogP contribution in [0.4, 0.5) is 20.4 Å². The fourth-order valence-corrected chi connectivity index (χ4v) is 5.20. The van der Waals surface area contributed by atoms with Crippen molar-refractivity contribution in [3.05, 3.63) is 168 Å². The number of aromatic nitrogens is 6. The van der Waals surface area contributed by atoms with Gasteiger partial charge in [0.2, 0.25) is 23.7 Å². The van der Waals surface area contributed by atoms with Gasteiger partial charge in [0.05, 0.1) is 22.5 Å². The van der Waals surface area contributed by atoms with E-state index in [1.165, 1.54) is 12.1 Å². The van der Waals surface area contributed by atoms with Gasteiger partial charge in [0.1, 0.15) is 23.1 Å². The normalized spacial score (nSPS) is 10.8. The lowest BCUT2D eigenvalue weighted by atomic mass is 10.1. The number of nitrogen functional groups attached to an aromatic ring is 2. The third-order valence-corrected chi connectivity index (χ3v) is 7.77. The molecule has 0 amide bonds. The molecule has 0 unspecified atom stereocenters. The molecule has 18 heteroatoms. The third kappa shape index (κ3) is 12.8. The third-order valence-electron chi connectivity index (χ3n) is 7.77. The van der Waals surface area contributed by atoms with Gasteiger partial charge in [-0.2, -0.15) is 18.7 Å². The van der Waals surface area contributed by atoms with Gasteiger partial charge in [-0.15, -0.1) is 0 Å². The second kappa shape index (κ2) is 19.2. The van der Waals surface area contributed by atoms with Crippen molar-refractivity contribution >= 4 is 19.2 Å². The van der Waals surface area contributed by atoms with E-state index in [2.05, 4.69) is 30.2 Å². The van der Waals surface area contributed by atoms with Crippen LogP contribution in [0.5, 0.6) is 23.3 Å². The van der Waals surface area contributed by atoms with Crippen LogP contribution in [-0.4, -0.2) is 46.7 Å². The van der Waals surface area contributed by atoms with Gasteiger partial charge in [0.15, 0.2) is 11.5 Å². The fourth-order valence-electron chi connectivity index (χ4n) is 5.20. The van der Waals surface area contributed by atoms with Gasteiger partial charge >= 0.3 is 7.60 Å². The van der Waals surface area contributed by atoms with Gasteiger partial charge in [-0.3, -0.25) is 4.57 Å². The number of halogens is 2. The summed E-state index contributed by atoms with van der Waals surface area (Å²) < 4.78 is 57.4. The van der Waals surface area contributed by atoms with Crippen LogP contribution in [0.1, 0.15) is 22.5 Å². The summed E-state index contributed by atoms with van der Waals surface area (Å²) >= 11 is 0. The average molecular weight is 821 g/mol. The van der Waals surface area contributed by atoms with Crippen LogP contribution in [0.15, 0.2) is 143 Å². The molecule has 0 bridgehead atoms. The van der Waals surface area contributed by atoms with Crippen LogP contribution in [0.25, 0.3) is 22.6 Å². The molecule has 6 N–H and O–H groups in total. The highest BCUT2D eigenvalue weighted by Crippen LogP contribution is 2.29. The molecule has 0 saturated heterocycles. The van der Waals surface area contributed by atoms with Crippen LogP contribution in [0.2, 0.25) is 0 Å². The van der Waals surface area contributed by atoms with Crippen molar-refractivity contribution in [2.24, 2.45) is 0 Å². The monoisotopic (exact) mass is 820 g/mol. The summed E-state index contributed by atoms with van der Waals surface area (Å²) in [6.45, 7) is 0.854. The summed E-state index contributed by atoms with van der Waals surface area (Å²) in [5.41, 5.74) is 16.7. The Morgan fingerprint density at radius 3 is 1.36 bits per heavy atom. The van der Waals surface area contributed by atoms with Crippen LogP contribution in [0.3, 0.4) is 0 Å². The maximum absolute atomic E-state index is 13.1. The molecule has 2 aromatic carbocycles. The second-order valence-corrected chi connectivity index (χ2v) is 14.2. The lowest BCUT2D eigenvalue weighted by Gasteiger charge is -2.05.